The number of fused-ring (bicyclic) bond motifs is 1. The topological polar surface area (TPSA) is 59.5 Å². The molecule has 0 saturated carbocycles. The van der Waals surface area contributed by atoms with Gasteiger partial charge in [-0.05, 0) is 36.6 Å². The van der Waals surface area contributed by atoms with Gasteiger partial charge in [0.2, 0.25) is 0 Å². The van der Waals surface area contributed by atoms with Gasteiger partial charge in [-0.25, -0.2) is 4.52 Å². The lowest BCUT2D eigenvalue weighted by Gasteiger charge is -2.14. The van der Waals surface area contributed by atoms with Gasteiger partial charge in [0.05, 0.1) is 18.3 Å². The van der Waals surface area contributed by atoms with Gasteiger partial charge in [0.15, 0.2) is 0 Å². The number of nitrogens with zero attached hydrogens (tertiary/aromatic N) is 3. The van der Waals surface area contributed by atoms with E-state index in [9.17, 15) is 9.90 Å². The zero-order chi connectivity index (χ0) is 19.0. The summed E-state index contributed by atoms with van der Waals surface area (Å²) < 4.78 is 3.12. The third-order valence-electron chi connectivity index (χ3n) is 4.96. The van der Waals surface area contributed by atoms with Gasteiger partial charge in [-0.15, -0.1) is 0 Å². The summed E-state index contributed by atoms with van der Waals surface area (Å²) in [5.41, 5.74) is 5.14. The molecule has 0 radical (unpaired) electrons. The van der Waals surface area contributed by atoms with E-state index in [2.05, 4.69) is 5.10 Å². The van der Waals surface area contributed by atoms with E-state index in [1.54, 1.807) is 23.0 Å². The molecule has 0 amide bonds. The zero-order valence-electron chi connectivity index (χ0n) is 15.3. The zero-order valence-corrected chi connectivity index (χ0v) is 15.3. The number of aromatic nitrogens is 3. The Kier molecular flexibility index (Phi) is 4.38. The summed E-state index contributed by atoms with van der Waals surface area (Å²) in [7, 11) is 0. The molecule has 1 atom stereocenters. The Morgan fingerprint density at radius 1 is 1.00 bits per heavy atom. The molecule has 4 rings (SSSR count). The van der Waals surface area contributed by atoms with Crippen LogP contribution in [-0.4, -0.2) is 19.3 Å². The molecule has 5 nitrogen and oxygen atoms in total. The van der Waals surface area contributed by atoms with Gasteiger partial charge in [-0.1, -0.05) is 48.5 Å². The van der Waals surface area contributed by atoms with Gasteiger partial charge in [-0.2, -0.15) is 5.10 Å². The first-order valence-electron chi connectivity index (χ1n) is 8.92. The molecule has 0 aliphatic carbocycles. The molecule has 27 heavy (non-hydrogen) atoms. The van der Waals surface area contributed by atoms with Gasteiger partial charge in [-0.3, -0.25) is 4.79 Å². The standard InChI is InChI=1S/C22H21N3O2/c1-15-8-9-18(12-16(15)2)21(26)14-24-10-11-25-20(22(24)27)13-19(23-25)17-6-4-3-5-7-17/h3-13,21,26H,14H2,1-2H3. The minimum Gasteiger partial charge on any atom is -0.387 e. The molecule has 0 bridgehead atoms. The lowest BCUT2D eigenvalue weighted by Crippen LogP contribution is -2.24. The van der Waals surface area contributed by atoms with Crippen LogP contribution in [0.5, 0.6) is 0 Å². The number of aliphatic hydroxyl groups is 1. The van der Waals surface area contributed by atoms with Gasteiger partial charge < -0.3 is 9.67 Å². The molecule has 2 heterocycles. The van der Waals surface area contributed by atoms with Crippen LogP contribution < -0.4 is 5.56 Å². The molecule has 0 saturated heterocycles. The Balaban J connectivity index is 1.67. The molecular formula is C22H21N3O2. The second-order valence-corrected chi connectivity index (χ2v) is 6.84. The summed E-state index contributed by atoms with van der Waals surface area (Å²) in [4.78, 5) is 12.9. The van der Waals surface area contributed by atoms with E-state index >= 15 is 0 Å². The van der Waals surface area contributed by atoms with Crippen molar-refractivity contribution < 1.29 is 5.11 Å². The highest BCUT2D eigenvalue weighted by molar-refractivity contribution is 5.65. The number of aryl methyl sites for hydroxylation is 2. The van der Waals surface area contributed by atoms with Crippen LogP contribution in [0.3, 0.4) is 0 Å². The third kappa shape index (κ3) is 3.29. The van der Waals surface area contributed by atoms with Gasteiger partial charge >= 0.3 is 0 Å². The first kappa shape index (κ1) is 17.2. The number of rotatable bonds is 4. The van der Waals surface area contributed by atoms with Crippen LogP contribution in [0.4, 0.5) is 0 Å². The Morgan fingerprint density at radius 2 is 1.78 bits per heavy atom. The molecule has 0 fully saturated rings. The van der Waals surface area contributed by atoms with Crippen LogP contribution in [0.25, 0.3) is 16.8 Å². The minimum atomic E-state index is -0.749. The maximum Gasteiger partial charge on any atom is 0.276 e. The molecular weight excluding hydrogens is 338 g/mol. The second-order valence-electron chi connectivity index (χ2n) is 6.84. The van der Waals surface area contributed by atoms with Gasteiger partial charge in [0.1, 0.15) is 5.52 Å². The van der Waals surface area contributed by atoms with Crippen LogP contribution >= 0.6 is 0 Å². The normalized spacial score (nSPS) is 12.4. The Hall–Kier alpha value is -3.18. The van der Waals surface area contributed by atoms with Crippen LogP contribution in [0, 0.1) is 13.8 Å². The molecule has 1 N–H and O–H groups in total. The predicted molar refractivity (Wildman–Crippen MR) is 106 cm³/mol. The lowest BCUT2D eigenvalue weighted by molar-refractivity contribution is 0.155. The number of aliphatic hydroxyl groups excluding tert-OH is 1. The van der Waals surface area contributed by atoms with Gasteiger partial charge in [0, 0.05) is 18.0 Å². The average molecular weight is 359 g/mol. The summed E-state index contributed by atoms with van der Waals surface area (Å²) in [6.07, 6.45) is 2.67. The van der Waals surface area contributed by atoms with Crippen molar-refractivity contribution in [1.29, 1.82) is 0 Å². The minimum absolute atomic E-state index is 0.171. The average Bonchev–Trinajstić information content (AvgIpc) is 3.12. The quantitative estimate of drug-likeness (QED) is 0.607. The van der Waals surface area contributed by atoms with Crippen molar-refractivity contribution in [3.8, 4) is 11.3 Å². The Morgan fingerprint density at radius 3 is 2.52 bits per heavy atom. The van der Waals surface area contributed by atoms with E-state index in [0.717, 1.165) is 22.4 Å². The molecule has 1 unspecified atom stereocenters. The largest absolute Gasteiger partial charge is 0.387 e. The maximum atomic E-state index is 12.9. The van der Waals surface area contributed by atoms with Crippen molar-refractivity contribution in [1.82, 2.24) is 14.2 Å². The molecule has 5 heteroatoms. The summed E-state index contributed by atoms with van der Waals surface area (Å²) >= 11 is 0. The van der Waals surface area contributed by atoms with Crippen molar-refractivity contribution in [2.24, 2.45) is 0 Å². The first-order valence-corrected chi connectivity index (χ1v) is 8.92. The van der Waals surface area contributed by atoms with E-state index in [0.29, 0.717) is 5.52 Å². The lowest BCUT2D eigenvalue weighted by atomic mass is 10.0. The smallest absolute Gasteiger partial charge is 0.276 e. The monoisotopic (exact) mass is 359 g/mol. The SMILES string of the molecule is Cc1ccc(C(O)Cn2ccn3nc(-c4ccccc4)cc3c2=O)cc1C. The molecule has 0 aliphatic heterocycles. The predicted octanol–water partition coefficient (Wildman–Crippen LogP) is 3.51. The van der Waals surface area contributed by atoms with Crippen molar-refractivity contribution >= 4 is 5.52 Å². The molecule has 0 aliphatic rings. The highest BCUT2D eigenvalue weighted by atomic mass is 16.3. The van der Waals surface area contributed by atoms with Crippen LogP contribution in [-0.2, 0) is 6.54 Å². The molecule has 2 aromatic heterocycles. The highest BCUT2D eigenvalue weighted by Crippen LogP contribution is 2.20. The van der Waals surface area contributed by atoms with E-state index in [1.807, 2.05) is 62.4 Å². The van der Waals surface area contributed by atoms with E-state index in [4.69, 9.17) is 0 Å². The van der Waals surface area contributed by atoms with Crippen molar-refractivity contribution in [2.75, 3.05) is 0 Å². The maximum absolute atomic E-state index is 12.9. The summed E-state index contributed by atoms with van der Waals surface area (Å²) in [6.45, 7) is 4.25. The van der Waals surface area contributed by atoms with Crippen molar-refractivity contribution in [3.63, 3.8) is 0 Å². The fourth-order valence-electron chi connectivity index (χ4n) is 3.18. The fraction of sp³-hybridized carbons (Fsp3) is 0.182. The summed E-state index contributed by atoms with van der Waals surface area (Å²) in [6, 6.07) is 17.4. The number of hydrogen-bond acceptors (Lipinski definition) is 3. The van der Waals surface area contributed by atoms with Crippen LogP contribution in [0.2, 0.25) is 0 Å². The molecule has 136 valence electrons. The number of hydrogen-bond donors (Lipinski definition) is 1. The van der Waals surface area contributed by atoms with E-state index < -0.39 is 6.10 Å². The molecule has 0 spiro atoms. The third-order valence-corrected chi connectivity index (χ3v) is 4.96. The summed E-state index contributed by atoms with van der Waals surface area (Å²) in [5, 5.41) is 15.1. The number of benzene rings is 2. The van der Waals surface area contributed by atoms with E-state index in [1.165, 1.54) is 10.1 Å². The molecule has 2 aromatic carbocycles. The Bertz CT molecular complexity index is 1160. The fourth-order valence-corrected chi connectivity index (χ4v) is 3.18. The van der Waals surface area contributed by atoms with Crippen LogP contribution in [0.15, 0.2) is 71.8 Å². The Labute approximate surface area is 157 Å². The van der Waals surface area contributed by atoms with Crippen molar-refractivity contribution in [3.05, 3.63) is 94.0 Å². The second kappa shape index (κ2) is 6.85. The first-order chi connectivity index (χ1) is 13.0. The van der Waals surface area contributed by atoms with E-state index in [-0.39, 0.29) is 12.1 Å². The highest BCUT2D eigenvalue weighted by Gasteiger charge is 2.13. The van der Waals surface area contributed by atoms with Crippen molar-refractivity contribution in [2.45, 2.75) is 26.5 Å². The molecule has 4 aromatic rings. The van der Waals surface area contributed by atoms with Crippen LogP contribution in [0.1, 0.15) is 22.8 Å². The van der Waals surface area contributed by atoms with Gasteiger partial charge in [0.25, 0.3) is 5.56 Å². The summed E-state index contributed by atoms with van der Waals surface area (Å²) in [5.74, 6) is 0.